The molecule has 20 heavy (non-hydrogen) atoms. The minimum atomic E-state index is 0.332. The molecule has 0 saturated carbocycles. The molecule has 2 aromatic carbocycles. The van der Waals surface area contributed by atoms with Gasteiger partial charge in [0.05, 0.1) is 12.8 Å². The summed E-state index contributed by atoms with van der Waals surface area (Å²) in [6.07, 6.45) is 2.49. The number of hydrogen-bond acceptors (Lipinski definition) is 2. The SMILES string of the molecule is NC(=NCC=CO)N(c1ccccc1)c1ccccc1. The number of anilines is 2. The lowest BCUT2D eigenvalue weighted by atomic mass is 10.2. The van der Waals surface area contributed by atoms with Gasteiger partial charge in [-0.3, -0.25) is 4.90 Å². The maximum atomic E-state index is 8.65. The number of guanidine groups is 1. The highest BCUT2D eigenvalue weighted by molar-refractivity contribution is 6.01. The van der Waals surface area contributed by atoms with Crippen LogP contribution >= 0.6 is 0 Å². The number of para-hydroxylation sites is 2. The Labute approximate surface area is 118 Å². The van der Waals surface area contributed by atoms with E-state index in [-0.39, 0.29) is 0 Å². The minimum Gasteiger partial charge on any atom is -0.516 e. The van der Waals surface area contributed by atoms with E-state index in [1.165, 1.54) is 6.08 Å². The second kappa shape index (κ2) is 6.99. The van der Waals surface area contributed by atoms with Gasteiger partial charge in [0.1, 0.15) is 0 Å². The Kier molecular flexibility index (Phi) is 4.78. The van der Waals surface area contributed by atoms with E-state index < -0.39 is 0 Å². The van der Waals surface area contributed by atoms with Crippen LogP contribution in [0.3, 0.4) is 0 Å². The molecule has 0 atom stereocenters. The highest BCUT2D eigenvalue weighted by Crippen LogP contribution is 2.24. The third-order valence-electron chi connectivity index (χ3n) is 2.72. The first-order chi connectivity index (χ1) is 9.83. The van der Waals surface area contributed by atoms with E-state index in [2.05, 4.69) is 4.99 Å². The number of nitrogens with zero attached hydrogens (tertiary/aromatic N) is 2. The van der Waals surface area contributed by atoms with Crippen LogP contribution in [0.25, 0.3) is 0 Å². The molecule has 0 aliphatic carbocycles. The Morgan fingerprint density at radius 2 is 1.50 bits per heavy atom. The highest BCUT2D eigenvalue weighted by Gasteiger charge is 2.12. The van der Waals surface area contributed by atoms with Crippen LogP contribution in [0.4, 0.5) is 11.4 Å². The summed E-state index contributed by atoms with van der Waals surface area (Å²) in [4.78, 5) is 6.11. The largest absolute Gasteiger partial charge is 0.516 e. The molecule has 0 spiro atoms. The van der Waals surface area contributed by atoms with E-state index in [0.29, 0.717) is 12.5 Å². The maximum absolute atomic E-state index is 8.65. The van der Waals surface area contributed by atoms with Crippen molar-refractivity contribution in [1.82, 2.24) is 0 Å². The van der Waals surface area contributed by atoms with Gasteiger partial charge in [0, 0.05) is 11.4 Å². The molecule has 102 valence electrons. The zero-order chi connectivity index (χ0) is 14.2. The molecule has 0 fully saturated rings. The fourth-order valence-electron chi connectivity index (χ4n) is 1.83. The number of aliphatic imine (C=N–C) groups is 1. The molecule has 3 N–H and O–H groups in total. The van der Waals surface area contributed by atoms with Crippen molar-refractivity contribution in [3.8, 4) is 0 Å². The van der Waals surface area contributed by atoms with Crippen molar-refractivity contribution in [3.63, 3.8) is 0 Å². The van der Waals surface area contributed by atoms with Crippen molar-refractivity contribution in [2.24, 2.45) is 10.7 Å². The van der Waals surface area contributed by atoms with E-state index >= 15 is 0 Å². The Balaban J connectivity index is 2.37. The summed E-state index contributed by atoms with van der Waals surface area (Å²) in [6.45, 7) is 0.332. The van der Waals surface area contributed by atoms with Gasteiger partial charge in [-0.2, -0.15) is 0 Å². The van der Waals surface area contributed by atoms with Crippen molar-refractivity contribution < 1.29 is 5.11 Å². The normalized spacial score (nSPS) is 11.7. The van der Waals surface area contributed by atoms with Gasteiger partial charge in [0.15, 0.2) is 0 Å². The average molecular weight is 267 g/mol. The predicted octanol–water partition coefficient (Wildman–Crippen LogP) is 3.21. The fourth-order valence-corrected chi connectivity index (χ4v) is 1.83. The fraction of sp³-hybridized carbons (Fsp3) is 0.0625. The minimum absolute atomic E-state index is 0.332. The lowest BCUT2D eigenvalue weighted by Gasteiger charge is -2.23. The summed E-state index contributed by atoms with van der Waals surface area (Å²) in [7, 11) is 0. The number of benzene rings is 2. The number of aliphatic hydroxyl groups excluding tert-OH is 1. The average Bonchev–Trinajstić information content (AvgIpc) is 2.50. The van der Waals surface area contributed by atoms with Crippen LogP contribution in [0.5, 0.6) is 0 Å². The van der Waals surface area contributed by atoms with Crippen molar-refractivity contribution >= 4 is 17.3 Å². The first-order valence-electron chi connectivity index (χ1n) is 6.32. The van der Waals surface area contributed by atoms with Crippen LogP contribution in [0.2, 0.25) is 0 Å². The quantitative estimate of drug-likeness (QED) is 0.508. The molecule has 4 nitrogen and oxygen atoms in total. The first-order valence-corrected chi connectivity index (χ1v) is 6.32. The molecule has 0 aromatic heterocycles. The van der Waals surface area contributed by atoms with Gasteiger partial charge in [-0.15, -0.1) is 0 Å². The van der Waals surface area contributed by atoms with Crippen molar-refractivity contribution in [1.29, 1.82) is 0 Å². The topological polar surface area (TPSA) is 61.9 Å². The Morgan fingerprint density at radius 1 is 1.00 bits per heavy atom. The Hall–Kier alpha value is -2.75. The molecular formula is C16H17N3O. The van der Waals surface area contributed by atoms with E-state index in [0.717, 1.165) is 17.6 Å². The van der Waals surface area contributed by atoms with Crippen LogP contribution in [0, 0.1) is 0 Å². The van der Waals surface area contributed by atoms with E-state index in [1.54, 1.807) is 0 Å². The molecule has 2 rings (SSSR count). The molecule has 0 aliphatic rings. The summed E-state index contributed by atoms with van der Waals surface area (Å²) >= 11 is 0. The smallest absolute Gasteiger partial charge is 0.200 e. The van der Waals surface area contributed by atoms with Crippen LogP contribution < -0.4 is 10.6 Å². The van der Waals surface area contributed by atoms with Gasteiger partial charge in [-0.25, -0.2) is 4.99 Å². The molecule has 0 radical (unpaired) electrons. The third-order valence-corrected chi connectivity index (χ3v) is 2.72. The molecule has 0 bridgehead atoms. The summed E-state index contributed by atoms with van der Waals surface area (Å²) in [6, 6.07) is 19.6. The van der Waals surface area contributed by atoms with Gasteiger partial charge >= 0.3 is 0 Å². The van der Waals surface area contributed by atoms with E-state index in [4.69, 9.17) is 10.8 Å². The number of hydrogen-bond donors (Lipinski definition) is 2. The van der Waals surface area contributed by atoms with Crippen LogP contribution in [-0.4, -0.2) is 17.6 Å². The van der Waals surface area contributed by atoms with Crippen LogP contribution in [0.15, 0.2) is 78.0 Å². The molecule has 0 saturated heterocycles. The lowest BCUT2D eigenvalue weighted by molar-refractivity contribution is 0.472. The van der Waals surface area contributed by atoms with Gasteiger partial charge in [0.2, 0.25) is 5.96 Å². The van der Waals surface area contributed by atoms with Gasteiger partial charge in [0.25, 0.3) is 0 Å². The molecule has 0 aliphatic heterocycles. The second-order valence-corrected chi connectivity index (χ2v) is 4.09. The van der Waals surface area contributed by atoms with Gasteiger partial charge < -0.3 is 10.8 Å². The zero-order valence-corrected chi connectivity index (χ0v) is 11.1. The molecular weight excluding hydrogens is 250 g/mol. The monoisotopic (exact) mass is 267 g/mol. The Bertz CT molecular complexity index is 540. The molecule has 0 unspecified atom stereocenters. The Morgan fingerprint density at radius 3 is 1.95 bits per heavy atom. The number of nitrogens with two attached hydrogens (primary N) is 1. The molecule has 0 heterocycles. The second-order valence-electron chi connectivity index (χ2n) is 4.09. The predicted molar refractivity (Wildman–Crippen MR) is 83.3 cm³/mol. The van der Waals surface area contributed by atoms with E-state index in [1.807, 2.05) is 65.6 Å². The van der Waals surface area contributed by atoms with Crippen LogP contribution in [0.1, 0.15) is 0 Å². The lowest BCUT2D eigenvalue weighted by Crippen LogP contribution is -2.33. The van der Waals surface area contributed by atoms with Crippen molar-refractivity contribution in [2.45, 2.75) is 0 Å². The van der Waals surface area contributed by atoms with E-state index in [9.17, 15) is 0 Å². The standard InChI is InChI=1S/C16H17N3O/c17-16(18-12-7-13-20)19(14-8-3-1-4-9-14)15-10-5-2-6-11-15/h1-11,13,20H,12H2,(H2,17,18). The first kappa shape index (κ1) is 13.7. The molecule has 0 amide bonds. The van der Waals surface area contributed by atoms with Crippen molar-refractivity contribution in [3.05, 3.63) is 73.0 Å². The summed E-state index contributed by atoms with van der Waals surface area (Å²) < 4.78 is 0. The van der Waals surface area contributed by atoms with Crippen LogP contribution in [-0.2, 0) is 0 Å². The summed E-state index contributed by atoms with van der Waals surface area (Å²) in [5.41, 5.74) is 7.96. The molecule has 2 aromatic rings. The number of aliphatic hydroxyl groups is 1. The van der Waals surface area contributed by atoms with Crippen molar-refractivity contribution in [2.75, 3.05) is 11.4 Å². The summed E-state index contributed by atoms with van der Waals surface area (Å²) in [5.74, 6) is 0.375. The maximum Gasteiger partial charge on any atom is 0.200 e. The molecule has 4 heteroatoms. The zero-order valence-electron chi connectivity index (χ0n) is 11.1. The van der Waals surface area contributed by atoms with Gasteiger partial charge in [-0.1, -0.05) is 36.4 Å². The highest BCUT2D eigenvalue weighted by atomic mass is 16.2. The number of rotatable bonds is 4. The summed E-state index contributed by atoms with van der Waals surface area (Å²) in [5, 5.41) is 8.65. The van der Waals surface area contributed by atoms with Gasteiger partial charge in [-0.05, 0) is 30.3 Å². The third kappa shape index (κ3) is 3.38.